The van der Waals surface area contributed by atoms with E-state index in [1.54, 1.807) is 0 Å². The summed E-state index contributed by atoms with van der Waals surface area (Å²) < 4.78 is 0. The Hall–Kier alpha value is 1.14. The van der Waals surface area contributed by atoms with Crippen molar-refractivity contribution >= 4 is 24.8 Å². The van der Waals surface area contributed by atoms with Crippen LogP contribution in [0.1, 0.15) is 0 Å². The number of rotatable bonds is 0. The van der Waals surface area contributed by atoms with Crippen LogP contribution in [0.5, 0.6) is 0 Å². The summed E-state index contributed by atoms with van der Waals surface area (Å²) in [6.07, 6.45) is 0. The fourth-order valence-electron chi connectivity index (χ4n) is 0. The molecule has 24 valence electrons. The molecule has 0 aliphatic heterocycles. The third-order valence-electron chi connectivity index (χ3n) is 0. The molecule has 0 amide bonds. The second-order valence-electron chi connectivity index (χ2n) is 0. The Morgan fingerprint density at radius 1 is 0.750 bits per heavy atom. The molecule has 1 N–H and O–H groups in total. The normalized spacial score (nSPS) is 0. The zero-order valence-corrected chi connectivity index (χ0v) is 3.90. The van der Waals surface area contributed by atoms with E-state index in [1.165, 1.54) is 0 Å². The molecule has 0 aromatic heterocycles. The quantitative estimate of drug-likeness (QED) is 0.312. The van der Waals surface area contributed by atoms with Crippen molar-refractivity contribution in [3.63, 3.8) is 0 Å². The van der Waals surface area contributed by atoms with Gasteiger partial charge in [-0.05, 0) is 0 Å². The van der Waals surface area contributed by atoms with E-state index in [2.05, 4.69) is 0 Å². The van der Waals surface area contributed by atoms with Crippen LogP contribution >= 0.6 is 24.8 Å². The van der Waals surface area contributed by atoms with Crippen molar-refractivity contribution in [3.05, 3.63) is 0 Å². The first-order valence-corrected chi connectivity index (χ1v) is 0. The first-order valence-electron chi connectivity index (χ1n) is 0. The van der Waals surface area contributed by atoms with E-state index in [-0.39, 0.29) is 49.2 Å². The van der Waals surface area contributed by atoms with Gasteiger partial charge in [-0.1, -0.05) is 0 Å². The standard InChI is InChI=1S/2ClH.Li.H2O/h2*1H;;1H2/q;;+1;/p-1. The molecule has 4 heavy (non-hydrogen) atoms. The molecule has 0 unspecified atom stereocenters. The minimum Gasteiger partial charge on any atom is -0.870 e. The smallest absolute Gasteiger partial charge is 0.870 e. The van der Waals surface area contributed by atoms with Gasteiger partial charge in [0.1, 0.15) is 0 Å². The summed E-state index contributed by atoms with van der Waals surface area (Å²) in [5.41, 5.74) is 0. The average Bonchev–Trinajstić information content (AvgIpc) is 0. The summed E-state index contributed by atoms with van der Waals surface area (Å²) >= 11 is 0. The van der Waals surface area contributed by atoms with Gasteiger partial charge >= 0.3 is 18.9 Å². The van der Waals surface area contributed by atoms with Gasteiger partial charge in [0, 0.05) is 0 Å². The molecule has 4 heteroatoms. The Bertz CT molecular complexity index is 6.00. The molecule has 0 aliphatic carbocycles. The van der Waals surface area contributed by atoms with Crippen LogP contribution in [0.4, 0.5) is 0 Å². The number of halogens is 2. The predicted molar refractivity (Wildman–Crippen MR) is 16.4 cm³/mol. The van der Waals surface area contributed by atoms with Gasteiger partial charge in [-0.2, -0.15) is 0 Å². The van der Waals surface area contributed by atoms with E-state index in [1.807, 2.05) is 0 Å². The second kappa shape index (κ2) is 31.5. The monoisotopic (exact) mass is 96.0 g/mol. The van der Waals surface area contributed by atoms with Crippen molar-refractivity contribution in [1.82, 2.24) is 0 Å². The zero-order chi connectivity index (χ0) is 0. The van der Waals surface area contributed by atoms with E-state index in [4.69, 9.17) is 0 Å². The third-order valence-corrected chi connectivity index (χ3v) is 0. The number of hydrogen-bond acceptors (Lipinski definition) is 1. The molecular weight excluding hydrogens is 93.8 g/mol. The van der Waals surface area contributed by atoms with Gasteiger partial charge in [0.05, 0.1) is 0 Å². The molecule has 0 fully saturated rings. The van der Waals surface area contributed by atoms with Crippen LogP contribution in [-0.4, -0.2) is 5.48 Å². The molecule has 0 saturated carbocycles. The van der Waals surface area contributed by atoms with Gasteiger partial charge < -0.3 is 5.48 Å². The Balaban J connectivity index is 0. The maximum Gasteiger partial charge on any atom is 1.00 e. The van der Waals surface area contributed by atoms with Crippen molar-refractivity contribution in [1.29, 1.82) is 0 Å². The molecule has 0 aromatic carbocycles. The van der Waals surface area contributed by atoms with E-state index >= 15 is 0 Å². The SMILES string of the molecule is Cl.Cl.[Li+].[OH-]. The van der Waals surface area contributed by atoms with E-state index < -0.39 is 0 Å². The fourth-order valence-corrected chi connectivity index (χ4v) is 0. The molecule has 0 radical (unpaired) electrons. The van der Waals surface area contributed by atoms with Crippen LogP contribution < -0.4 is 18.9 Å². The maximum atomic E-state index is 0. The summed E-state index contributed by atoms with van der Waals surface area (Å²) in [4.78, 5) is 0. The largest absolute Gasteiger partial charge is 1.00 e. The fraction of sp³-hybridized carbons (Fsp3) is 0. The van der Waals surface area contributed by atoms with Gasteiger partial charge in [0.2, 0.25) is 0 Å². The van der Waals surface area contributed by atoms with Crippen molar-refractivity contribution in [2.24, 2.45) is 0 Å². The van der Waals surface area contributed by atoms with Crippen molar-refractivity contribution in [2.45, 2.75) is 0 Å². The molecule has 0 bridgehead atoms. The van der Waals surface area contributed by atoms with E-state index in [0.717, 1.165) is 0 Å². The van der Waals surface area contributed by atoms with Crippen LogP contribution in [0.25, 0.3) is 0 Å². The maximum absolute atomic E-state index is 0. The van der Waals surface area contributed by atoms with Crippen molar-refractivity contribution in [3.8, 4) is 0 Å². The Labute approximate surface area is 49.5 Å². The summed E-state index contributed by atoms with van der Waals surface area (Å²) in [6, 6.07) is 0. The zero-order valence-electron chi connectivity index (χ0n) is 2.26. The molecule has 0 spiro atoms. The van der Waals surface area contributed by atoms with E-state index in [0.29, 0.717) is 0 Å². The first-order chi connectivity index (χ1) is 0. The number of hydrogen-bond donors (Lipinski definition) is 0. The third kappa shape index (κ3) is 11.1. The van der Waals surface area contributed by atoms with Crippen LogP contribution in [0.3, 0.4) is 0 Å². The van der Waals surface area contributed by atoms with Gasteiger partial charge in [-0.15, -0.1) is 24.8 Å². The van der Waals surface area contributed by atoms with Crippen LogP contribution in [0, 0.1) is 0 Å². The minimum absolute atomic E-state index is 0. The summed E-state index contributed by atoms with van der Waals surface area (Å²) in [6.45, 7) is 0. The molecule has 0 heterocycles. The van der Waals surface area contributed by atoms with Crippen molar-refractivity contribution in [2.75, 3.05) is 0 Å². The Kier molecular flexibility index (Phi) is 535. The molecule has 0 aromatic rings. The summed E-state index contributed by atoms with van der Waals surface area (Å²) in [5.74, 6) is 0. The molecule has 0 aliphatic rings. The minimum atomic E-state index is 0. The molecule has 0 rings (SSSR count). The van der Waals surface area contributed by atoms with Gasteiger partial charge in [-0.25, -0.2) is 0 Å². The summed E-state index contributed by atoms with van der Waals surface area (Å²) in [7, 11) is 0. The topological polar surface area (TPSA) is 30.0 Å². The van der Waals surface area contributed by atoms with Gasteiger partial charge in [0.25, 0.3) is 0 Å². The first kappa shape index (κ1) is 68.0. The van der Waals surface area contributed by atoms with E-state index in [9.17, 15) is 0 Å². The van der Waals surface area contributed by atoms with Crippen LogP contribution in [0.2, 0.25) is 0 Å². The Morgan fingerprint density at radius 3 is 0.750 bits per heavy atom. The molecule has 0 atom stereocenters. The second-order valence-corrected chi connectivity index (χ2v) is 0. The van der Waals surface area contributed by atoms with Crippen LogP contribution in [-0.2, 0) is 0 Å². The van der Waals surface area contributed by atoms with Crippen molar-refractivity contribution < 1.29 is 24.3 Å². The molecule has 0 saturated heterocycles. The molecule has 1 nitrogen and oxygen atoms in total. The average molecular weight is 96.9 g/mol. The van der Waals surface area contributed by atoms with Gasteiger partial charge in [-0.3, -0.25) is 0 Å². The summed E-state index contributed by atoms with van der Waals surface area (Å²) in [5, 5.41) is 0. The van der Waals surface area contributed by atoms with Gasteiger partial charge in [0.15, 0.2) is 0 Å². The Morgan fingerprint density at radius 2 is 0.750 bits per heavy atom. The molecular formula is H3Cl2LiO. The van der Waals surface area contributed by atoms with Crippen LogP contribution in [0.15, 0.2) is 0 Å². The predicted octanol–water partition coefficient (Wildman–Crippen LogP) is -2.33.